The normalized spacial score (nSPS) is 23.6. The van der Waals surface area contributed by atoms with Crippen LogP contribution in [0.25, 0.3) is 0 Å². The van der Waals surface area contributed by atoms with E-state index in [1.165, 1.54) is 0 Å². The summed E-state index contributed by atoms with van der Waals surface area (Å²) in [5.41, 5.74) is 7.73. The molecule has 7 atom stereocenters. The highest BCUT2D eigenvalue weighted by Gasteiger charge is 2.42. The molecule has 4 N–H and O–H groups in total. The van der Waals surface area contributed by atoms with Crippen LogP contribution < -0.4 is 20.5 Å². The van der Waals surface area contributed by atoms with Crippen LogP contribution in [0.15, 0.2) is 18.2 Å². The lowest BCUT2D eigenvalue weighted by Crippen LogP contribution is -2.48. The van der Waals surface area contributed by atoms with Gasteiger partial charge in [-0.3, -0.25) is 4.79 Å². The van der Waals surface area contributed by atoms with Crippen LogP contribution in [0.2, 0.25) is 0 Å². The number of carbonyl (C=O) groups excluding carboxylic acids is 1. The molecule has 3 unspecified atom stereocenters. The molecule has 39 heavy (non-hydrogen) atoms. The van der Waals surface area contributed by atoms with Crippen molar-refractivity contribution in [1.82, 2.24) is 5.32 Å². The van der Waals surface area contributed by atoms with Gasteiger partial charge in [-0.2, -0.15) is 0 Å². The highest BCUT2D eigenvalue weighted by Crippen LogP contribution is 2.36. The van der Waals surface area contributed by atoms with Gasteiger partial charge in [-0.25, -0.2) is 0 Å². The number of aliphatic hydroxyl groups excluding tert-OH is 1. The van der Waals surface area contributed by atoms with E-state index in [0.29, 0.717) is 43.6 Å². The van der Waals surface area contributed by atoms with Gasteiger partial charge in [-0.05, 0) is 73.5 Å². The Balaban J connectivity index is 1.58. The Bertz CT molecular complexity index is 894. The van der Waals surface area contributed by atoms with E-state index >= 15 is 0 Å². The molecule has 1 aromatic rings. The van der Waals surface area contributed by atoms with Gasteiger partial charge in [-0.15, -0.1) is 0 Å². The molecule has 3 rings (SSSR count). The topological polar surface area (TPSA) is 112 Å². The Labute approximate surface area is 235 Å². The van der Waals surface area contributed by atoms with Crippen LogP contribution in [0.3, 0.4) is 0 Å². The number of benzene rings is 1. The zero-order valence-electron chi connectivity index (χ0n) is 24.9. The lowest BCUT2D eigenvalue weighted by atomic mass is 9.80. The molecule has 2 bridgehead atoms. The number of nitrogens with one attached hydrogen (secondary N) is 1. The van der Waals surface area contributed by atoms with E-state index in [4.69, 9.17) is 24.7 Å². The summed E-state index contributed by atoms with van der Waals surface area (Å²) in [6, 6.07) is 5.73. The summed E-state index contributed by atoms with van der Waals surface area (Å²) < 4.78 is 22.4. The molecule has 8 nitrogen and oxygen atoms in total. The number of ether oxygens (including phenoxy) is 4. The molecule has 222 valence electrons. The number of carbonyl (C=O) groups is 1. The van der Waals surface area contributed by atoms with Crippen molar-refractivity contribution in [3.8, 4) is 11.5 Å². The number of aliphatic hydroxyl groups is 1. The van der Waals surface area contributed by atoms with Crippen LogP contribution >= 0.6 is 0 Å². The third kappa shape index (κ3) is 9.07. The number of methoxy groups -OCH3 is 2. The summed E-state index contributed by atoms with van der Waals surface area (Å²) in [5.74, 6) is 2.46. The summed E-state index contributed by atoms with van der Waals surface area (Å²) >= 11 is 0. The standard InChI is InChI=1S/C31H52N2O6/c1-19(2)23(12-21-8-9-28(37-6)30(14-21)38-11-7-10-36-5)16-25(32)27(34)17-24(20(3)4)31(35)33-26-13-22-15-29(26)39-18-22/h8-9,14,19-20,22-27,29,34H,7,10-13,15-18,32H2,1-6H3,(H,33,35)/t22?,23-,24-,25-,26?,27-,29?/m0/s1. The van der Waals surface area contributed by atoms with Crippen molar-refractivity contribution in [1.29, 1.82) is 0 Å². The molecular weight excluding hydrogens is 496 g/mol. The van der Waals surface area contributed by atoms with Gasteiger partial charge in [0.25, 0.3) is 0 Å². The maximum atomic E-state index is 13.2. The van der Waals surface area contributed by atoms with Gasteiger partial charge >= 0.3 is 0 Å². The molecule has 1 saturated carbocycles. The fraction of sp³-hybridized carbons (Fsp3) is 0.774. The minimum Gasteiger partial charge on any atom is -0.493 e. The highest BCUT2D eigenvalue weighted by molar-refractivity contribution is 5.79. The van der Waals surface area contributed by atoms with Crippen molar-refractivity contribution >= 4 is 5.91 Å². The molecule has 1 aliphatic heterocycles. The zero-order chi connectivity index (χ0) is 28.5. The fourth-order valence-corrected chi connectivity index (χ4v) is 5.99. The predicted molar refractivity (Wildman–Crippen MR) is 153 cm³/mol. The highest BCUT2D eigenvalue weighted by atomic mass is 16.5. The Hall–Kier alpha value is -1.87. The second-order valence-electron chi connectivity index (χ2n) is 12.3. The largest absolute Gasteiger partial charge is 0.493 e. The van der Waals surface area contributed by atoms with E-state index in [1.54, 1.807) is 14.2 Å². The number of nitrogens with two attached hydrogens (primary N) is 1. The van der Waals surface area contributed by atoms with Crippen molar-refractivity contribution in [2.75, 3.05) is 34.0 Å². The van der Waals surface area contributed by atoms with Crippen molar-refractivity contribution in [3.05, 3.63) is 23.8 Å². The van der Waals surface area contributed by atoms with Gasteiger partial charge in [0.1, 0.15) is 0 Å². The average molecular weight is 549 g/mol. The Morgan fingerprint density at radius 2 is 1.87 bits per heavy atom. The second kappa shape index (κ2) is 15.2. The summed E-state index contributed by atoms with van der Waals surface area (Å²) in [7, 11) is 3.33. The Kier molecular flexibility index (Phi) is 12.4. The Morgan fingerprint density at radius 3 is 2.46 bits per heavy atom. The van der Waals surface area contributed by atoms with E-state index < -0.39 is 12.1 Å². The van der Waals surface area contributed by atoms with E-state index in [2.05, 4.69) is 25.2 Å². The van der Waals surface area contributed by atoms with Gasteiger partial charge in [-0.1, -0.05) is 33.8 Å². The molecule has 0 spiro atoms. The lowest BCUT2D eigenvalue weighted by Gasteiger charge is -2.31. The van der Waals surface area contributed by atoms with E-state index in [9.17, 15) is 9.90 Å². The maximum Gasteiger partial charge on any atom is 0.223 e. The number of fused-ring (bicyclic) bond motifs is 2. The summed E-state index contributed by atoms with van der Waals surface area (Å²) in [6.45, 7) is 10.5. The van der Waals surface area contributed by atoms with Crippen LogP contribution in [0.1, 0.15) is 65.4 Å². The van der Waals surface area contributed by atoms with E-state index in [1.807, 2.05) is 26.0 Å². The lowest BCUT2D eigenvalue weighted by molar-refractivity contribution is -0.129. The molecular formula is C31H52N2O6. The number of hydrogen-bond donors (Lipinski definition) is 3. The first kappa shape index (κ1) is 31.7. The molecule has 0 radical (unpaired) electrons. The first-order valence-electron chi connectivity index (χ1n) is 14.8. The first-order valence-corrected chi connectivity index (χ1v) is 14.8. The van der Waals surface area contributed by atoms with E-state index in [0.717, 1.165) is 43.6 Å². The monoisotopic (exact) mass is 548 g/mol. The average Bonchev–Trinajstić information content (AvgIpc) is 3.52. The van der Waals surface area contributed by atoms with Gasteiger partial charge in [0.2, 0.25) is 5.91 Å². The first-order chi connectivity index (χ1) is 18.6. The molecule has 8 heteroatoms. The van der Waals surface area contributed by atoms with Crippen molar-refractivity contribution in [3.63, 3.8) is 0 Å². The maximum absolute atomic E-state index is 13.2. The number of amides is 1. The van der Waals surface area contributed by atoms with Crippen LogP contribution in [0, 0.1) is 29.6 Å². The summed E-state index contributed by atoms with van der Waals surface area (Å²) in [4.78, 5) is 13.2. The van der Waals surface area contributed by atoms with Gasteiger partial charge in [0.15, 0.2) is 11.5 Å². The minimum absolute atomic E-state index is 0.00840. The van der Waals surface area contributed by atoms with Crippen LogP contribution in [0.4, 0.5) is 0 Å². The molecule has 1 amide bonds. The number of rotatable bonds is 17. The van der Waals surface area contributed by atoms with Crippen molar-refractivity contribution in [2.24, 2.45) is 35.3 Å². The molecule has 1 saturated heterocycles. The van der Waals surface area contributed by atoms with Crippen LogP contribution in [-0.4, -0.2) is 69.3 Å². The van der Waals surface area contributed by atoms with Crippen molar-refractivity contribution in [2.45, 2.75) is 90.5 Å². The van der Waals surface area contributed by atoms with Gasteiger partial charge in [0.05, 0.1) is 38.6 Å². The quantitative estimate of drug-likeness (QED) is 0.253. The smallest absolute Gasteiger partial charge is 0.223 e. The SMILES string of the molecule is COCCCOc1cc(C[C@@H](C[C@H](N)[C@@H](O)C[C@H](C(=O)NC2CC3COC2C3)C(C)C)C(C)C)ccc1OC. The Morgan fingerprint density at radius 1 is 1.10 bits per heavy atom. The molecule has 1 aliphatic carbocycles. The van der Waals surface area contributed by atoms with Gasteiger partial charge in [0, 0.05) is 32.1 Å². The molecule has 2 aliphatic rings. The summed E-state index contributed by atoms with van der Waals surface area (Å²) in [6.07, 6.45) is 4.06. The molecule has 1 heterocycles. The fourth-order valence-electron chi connectivity index (χ4n) is 5.99. The second-order valence-corrected chi connectivity index (χ2v) is 12.3. The van der Waals surface area contributed by atoms with Crippen molar-refractivity contribution < 1.29 is 28.8 Å². The third-order valence-corrected chi connectivity index (χ3v) is 8.60. The number of hydrogen-bond acceptors (Lipinski definition) is 7. The van der Waals surface area contributed by atoms with Crippen LogP contribution in [0.5, 0.6) is 11.5 Å². The zero-order valence-corrected chi connectivity index (χ0v) is 24.9. The minimum atomic E-state index is -0.753. The molecule has 2 fully saturated rings. The van der Waals surface area contributed by atoms with Crippen LogP contribution in [-0.2, 0) is 20.7 Å². The third-order valence-electron chi connectivity index (χ3n) is 8.60. The molecule has 1 aromatic carbocycles. The van der Waals surface area contributed by atoms with E-state index in [-0.39, 0.29) is 35.8 Å². The predicted octanol–water partition coefficient (Wildman–Crippen LogP) is 3.96. The summed E-state index contributed by atoms with van der Waals surface area (Å²) in [5, 5.41) is 14.3. The molecule has 0 aromatic heterocycles. The van der Waals surface area contributed by atoms with Gasteiger partial charge < -0.3 is 35.1 Å².